The summed E-state index contributed by atoms with van der Waals surface area (Å²) in [6.07, 6.45) is 0. The molecule has 156 valence electrons. The van der Waals surface area contributed by atoms with Crippen molar-refractivity contribution in [3.63, 3.8) is 0 Å². The molecule has 2 heterocycles. The Kier molecular flexibility index (Phi) is 5.58. The summed E-state index contributed by atoms with van der Waals surface area (Å²) in [6, 6.07) is 27.7. The second kappa shape index (κ2) is 8.51. The van der Waals surface area contributed by atoms with Crippen molar-refractivity contribution in [2.75, 3.05) is 0 Å². The summed E-state index contributed by atoms with van der Waals surface area (Å²) in [5.41, 5.74) is 3.06. The van der Waals surface area contributed by atoms with Crippen LogP contribution in [0.5, 0.6) is 5.75 Å². The molecular weight excluding hydrogens is 395 g/mol. The quantitative estimate of drug-likeness (QED) is 0.619. The fraction of sp³-hybridized carbons (Fsp3) is 0.143. The van der Waals surface area contributed by atoms with Gasteiger partial charge in [0, 0.05) is 19.0 Å². The summed E-state index contributed by atoms with van der Waals surface area (Å²) < 4.78 is 22.4. The SMILES string of the molecule is OB1OB(O)O[B-]2(O1)Oc1ccccc1[C@H]2N(Cc1ccccc1)Cc1ccccc1. The Morgan fingerprint density at radius 2 is 1.26 bits per heavy atom. The molecule has 5 rings (SSSR count). The summed E-state index contributed by atoms with van der Waals surface area (Å²) >= 11 is 0. The molecule has 1 fully saturated rings. The van der Waals surface area contributed by atoms with E-state index in [1.54, 1.807) is 0 Å². The summed E-state index contributed by atoms with van der Waals surface area (Å²) in [6.45, 7) is -1.48. The number of nitrogens with zero attached hydrogens (tertiary/aromatic N) is 1. The van der Waals surface area contributed by atoms with Crippen molar-refractivity contribution in [1.29, 1.82) is 0 Å². The highest BCUT2D eigenvalue weighted by Crippen LogP contribution is 2.47. The van der Waals surface area contributed by atoms with Gasteiger partial charge in [-0.15, -0.1) is 0 Å². The van der Waals surface area contributed by atoms with E-state index in [0.717, 1.165) is 16.7 Å². The van der Waals surface area contributed by atoms with E-state index in [1.165, 1.54) is 0 Å². The lowest BCUT2D eigenvalue weighted by Crippen LogP contribution is -2.66. The number of benzene rings is 3. The number of hydrogen-bond donors (Lipinski definition) is 2. The number of para-hydroxylation sites is 1. The van der Waals surface area contributed by atoms with E-state index >= 15 is 0 Å². The Morgan fingerprint density at radius 3 is 1.84 bits per heavy atom. The number of hydrogen-bond acceptors (Lipinski definition) is 7. The predicted molar refractivity (Wildman–Crippen MR) is 117 cm³/mol. The van der Waals surface area contributed by atoms with Crippen LogP contribution in [0.3, 0.4) is 0 Å². The maximum atomic E-state index is 10.1. The normalized spacial score (nSPS) is 19.5. The van der Waals surface area contributed by atoms with Crippen LogP contribution in [0.1, 0.15) is 22.6 Å². The van der Waals surface area contributed by atoms with Gasteiger partial charge in [-0.1, -0.05) is 78.9 Å². The van der Waals surface area contributed by atoms with Crippen molar-refractivity contribution in [3.8, 4) is 5.75 Å². The molecule has 1 atom stereocenters. The lowest BCUT2D eigenvalue weighted by molar-refractivity contribution is 0.0864. The zero-order chi connectivity index (χ0) is 21.3. The van der Waals surface area contributed by atoms with E-state index in [9.17, 15) is 10.0 Å². The standard InChI is InChI=1S/C21H21B3NO6/c26-22-29-23(27)31-24(30-22)21(19-13-7-8-14-20(19)28-24)25(15-17-9-3-1-4-10-17)16-18-11-5-2-6-12-18/h1-14,21,26-27H,15-16H2/q-1/t21-/m1/s1. The fourth-order valence-electron chi connectivity index (χ4n) is 4.36. The largest absolute Gasteiger partial charge is 0.670 e. The average molecular weight is 416 g/mol. The van der Waals surface area contributed by atoms with Crippen LogP contribution in [-0.2, 0) is 26.8 Å². The van der Waals surface area contributed by atoms with Crippen molar-refractivity contribution in [1.82, 2.24) is 4.90 Å². The zero-order valence-corrected chi connectivity index (χ0v) is 16.8. The summed E-state index contributed by atoms with van der Waals surface area (Å²) in [4.78, 5) is 2.17. The molecule has 0 radical (unpaired) electrons. The maximum absolute atomic E-state index is 10.1. The molecular formula is C21H21B3NO6-. The van der Waals surface area contributed by atoms with Crippen LogP contribution >= 0.6 is 0 Å². The minimum absolute atomic E-state index is 0.523. The Balaban J connectivity index is 1.58. The molecule has 2 N–H and O–H groups in total. The minimum atomic E-state index is -2.62. The van der Waals surface area contributed by atoms with Gasteiger partial charge in [0.05, 0.1) is 5.75 Å². The predicted octanol–water partition coefficient (Wildman–Crippen LogP) is 2.32. The molecule has 31 heavy (non-hydrogen) atoms. The molecule has 10 heteroatoms. The Bertz CT molecular complexity index is 976. The van der Waals surface area contributed by atoms with Crippen LogP contribution in [0.4, 0.5) is 0 Å². The van der Waals surface area contributed by atoms with Gasteiger partial charge in [0.15, 0.2) is 0 Å². The fourth-order valence-corrected chi connectivity index (χ4v) is 4.36. The highest BCUT2D eigenvalue weighted by atomic mass is 16.9. The van der Waals surface area contributed by atoms with Crippen LogP contribution in [0.15, 0.2) is 84.9 Å². The summed E-state index contributed by atoms with van der Waals surface area (Å²) in [5.74, 6) is 0.0599. The van der Waals surface area contributed by atoms with Gasteiger partial charge in [0.1, 0.15) is 0 Å². The second-order valence-electron chi connectivity index (χ2n) is 7.70. The molecule has 0 aliphatic carbocycles. The molecule has 3 aromatic rings. The van der Waals surface area contributed by atoms with Crippen LogP contribution in [-0.4, -0.2) is 36.3 Å². The van der Waals surface area contributed by atoms with Crippen molar-refractivity contribution < 1.29 is 28.4 Å². The third kappa shape index (κ3) is 4.14. The third-order valence-corrected chi connectivity index (χ3v) is 5.61. The average Bonchev–Trinajstić information content (AvgIpc) is 3.06. The molecule has 1 saturated heterocycles. The highest BCUT2D eigenvalue weighted by Gasteiger charge is 2.56. The van der Waals surface area contributed by atoms with E-state index in [-0.39, 0.29) is 0 Å². The molecule has 0 bridgehead atoms. The van der Waals surface area contributed by atoms with Gasteiger partial charge in [0.25, 0.3) is 0 Å². The van der Waals surface area contributed by atoms with E-state index in [4.69, 9.17) is 18.4 Å². The lowest BCUT2D eigenvalue weighted by Gasteiger charge is -2.49. The van der Waals surface area contributed by atoms with Gasteiger partial charge in [0.2, 0.25) is 0 Å². The van der Waals surface area contributed by atoms with Gasteiger partial charge < -0.3 is 33.3 Å². The molecule has 3 aromatic carbocycles. The molecule has 1 spiro atoms. The maximum Gasteiger partial charge on any atom is 0.582 e. The van der Waals surface area contributed by atoms with E-state index in [2.05, 4.69) is 29.2 Å². The van der Waals surface area contributed by atoms with E-state index < -0.39 is 27.3 Å². The number of rotatable bonds is 5. The monoisotopic (exact) mass is 416 g/mol. The highest BCUT2D eigenvalue weighted by molar-refractivity contribution is 6.78. The van der Waals surface area contributed by atoms with Gasteiger partial charge in [-0.3, -0.25) is 0 Å². The number of fused-ring (bicyclic) bond motifs is 1. The van der Waals surface area contributed by atoms with Gasteiger partial charge in [-0.05, 0) is 22.8 Å². The molecule has 0 unspecified atom stereocenters. The Hall–Kier alpha value is -2.59. The molecule has 7 nitrogen and oxygen atoms in total. The van der Waals surface area contributed by atoms with Gasteiger partial charge in [-0.25, -0.2) is 0 Å². The van der Waals surface area contributed by atoms with Gasteiger partial charge >= 0.3 is 21.4 Å². The first-order chi connectivity index (χ1) is 15.1. The lowest BCUT2D eigenvalue weighted by atomic mass is 9.62. The van der Waals surface area contributed by atoms with Crippen LogP contribution in [0.25, 0.3) is 0 Å². The molecule has 0 amide bonds. The topological polar surface area (TPSA) is 80.6 Å². The van der Waals surface area contributed by atoms with Crippen molar-refractivity contribution in [2.24, 2.45) is 0 Å². The third-order valence-electron chi connectivity index (χ3n) is 5.61. The first-order valence-corrected chi connectivity index (χ1v) is 10.2. The molecule has 0 saturated carbocycles. The van der Waals surface area contributed by atoms with Crippen LogP contribution in [0.2, 0.25) is 0 Å². The smallest absolute Gasteiger partial charge is 0.582 e. The van der Waals surface area contributed by atoms with Crippen molar-refractivity contribution in [2.45, 2.75) is 19.0 Å². The van der Waals surface area contributed by atoms with Gasteiger partial charge in [-0.2, -0.15) is 0 Å². The molecule has 2 aliphatic rings. The van der Waals surface area contributed by atoms with E-state index in [0.29, 0.717) is 18.8 Å². The first kappa shape index (κ1) is 20.3. The molecule has 0 aromatic heterocycles. The Labute approximate surface area is 181 Å². The zero-order valence-electron chi connectivity index (χ0n) is 16.8. The first-order valence-electron chi connectivity index (χ1n) is 10.2. The summed E-state index contributed by atoms with van der Waals surface area (Å²) in [5, 5.41) is 20.2. The van der Waals surface area contributed by atoms with E-state index in [1.807, 2.05) is 60.7 Å². The van der Waals surface area contributed by atoms with Crippen molar-refractivity contribution in [3.05, 3.63) is 102 Å². The summed E-state index contributed by atoms with van der Waals surface area (Å²) in [7, 11) is -3.34. The van der Waals surface area contributed by atoms with Crippen LogP contribution < -0.4 is 4.65 Å². The molecule has 2 aliphatic heterocycles. The van der Waals surface area contributed by atoms with Crippen LogP contribution in [0, 0.1) is 0 Å². The second-order valence-corrected chi connectivity index (χ2v) is 7.70. The Morgan fingerprint density at radius 1 is 0.742 bits per heavy atom. The minimum Gasteiger partial charge on any atom is -0.670 e. The van der Waals surface area contributed by atoms with Crippen molar-refractivity contribution >= 4 is 21.4 Å².